The van der Waals surface area contributed by atoms with Gasteiger partial charge in [-0.1, -0.05) is 0 Å². The van der Waals surface area contributed by atoms with Gasteiger partial charge in [0.1, 0.15) is 0 Å². The van der Waals surface area contributed by atoms with Crippen molar-refractivity contribution in [2.75, 3.05) is 0 Å². The average Bonchev–Trinajstić information content (AvgIpc) is 0.722. The van der Waals surface area contributed by atoms with E-state index in [0.29, 0.717) is 0 Å². The third kappa shape index (κ3) is 45.3. The van der Waals surface area contributed by atoms with Crippen molar-refractivity contribution < 1.29 is 29.5 Å². The molecule has 0 aliphatic heterocycles. The van der Waals surface area contributed by atoms with Gasteiger partial charge >= 0.3 is 29.5 Å². The van der Waals surface area contributed by atoms with Crippen LogP contribution in [0.25, 0.3) is 0 Å². The van der Waals surface area contributed by atoms with Gasteiger partial charge < -0.3 is 0 Å². The van der Waals surface area contributed by atoms with Gasteiger partial charge in [0.25, 0.3) is 0 Å². The zero-order chi connectivity index (χ0) is 4.50. The van der Waals surface area contributed by atoms with Gasteiger partial charge in [0.2, 0.25) is 0 Å². The van der Waals surface area contributed by atoms with Crippen LogP contribution in [-0.4, -0.2) is 111 Å². The van der Waals surface area contributed by atoms with E-state index >= 15 is 0 Å². The molecule has 0 saturated carbocycles. The van der Waals surface area contributed by atoms with Gasteiger partial charge in [-0.15, -0.1) is 0 Å². The molecule has 0 saturated heterocycles. The summed E-state index contributed by atoms with van der Waals surface area (Å²) < 4.78 is 31.9. The second kappa shape index (κ2) is 7.43. The predicted octanol–water partition coefficient (Wildman–Crippen LogP) is -2.12. The molecule has 7 heteroatoms. The predicted molar refractivity (Wildman–Crippen MR) is 17.3 cm³/mol. The molecule has 2 N–H and O–H groups in total. The van der Waals surface area contributed by atoms with Gasteiger partial charge in [0.05, 0.1) is 0 Å². The van der Waals surface area contributed by atoms with E-state index in [2.05, 4.69) is 0 Å². The molecule has 34 valence electrons. The molecule has 0 heterocycles. The molecule has 0 aromatic carbocycles. The Morgan fingerprint density at radius 2 is 1.00 bits per heavy atom. The molecule has 0 unspecified atom stereocenters. The van der Waals surface area contributed by atoms with Crippen LogP contribution >= 0.6 is 0 Å². The molecule has 0 bridgehead atoms. The second-order valence-corrected chi connectivity index (χ2v) is 1.85. The zero-order valence-corrected chi connectivity index (χ0v) is 11.6. The molecule has 0 rings (SSSR count). The van der Waals surface area contributed by atoms with Gasteiger partial charge in [-0.25, -0.2) is 0 Å². The number of hydrogen-bond donors (Lipinski definition) is 2. The Morgan fingerprint density at radius 3 is 1.00 bits per heavy atom. The van der Waals surface area contributed by atoms with Crippen LogP contribution in [-0.2, 0) is 21.2 Å². The van der Waals surface area contributed by atoms with Crippen LogP contribution in [0.2, 0.25) is 0 Å². The van der Waals surface area contributed by atoms with Crippen molar-refractivity contribution in [3.8, 4) is 0 Å². The summed E-state index contributed by atoms with van der Waals surface area (Å²) in [6.07, 6.45) is 0. The maximum absolute atomic E-state index is 8.82. The standard InChI is InChI=1S/Cr.2K.2H2O.2O/h;;;2*1H2;;/q+2;;;;;;/p-2. The summed E-state index contributed by atoms with van der Waals surface area (Å²) in [6, 6.07) is 0. The fraction of sp³-hybridized carbons (Fsp3) is 0. The van der Waals surface area contributed by atoms with E-state index < -0.39 is 13.6 Å². The summed E-state index contributed by atoms with van der Waals surface area (Å²) in [5, 5.41) is 0. The zero-order valence-electron chi connectivity index (χ0n) is 4.12. The summed E-state index contributed by atoms with van der Waals surface area (Å²) >= 11 is -5.25. The number of rotatable bonds is 0. The van der Waals surface area contributed by atoms with Crippen LogP contribution in [0.15, 0.2) is 0 Å². The Bertz CT molecular complexity index is 92.9. The third-order valence-electron chi connectivity index (χ3n) is 0. The molecule has 7 heavy (non-hydrogen) atoms. The van der Waals surface area contributed by atoms with E-state index in [1.165, 1.54) is 0 Å². The molecular formula is H2CrK2O4. The quantitative estimate of drug-likeness (QED) is 0.435. The van der Waals surface area contributed by atoms with Crippen molar-refractivity contribution in [2.24, 2.45) is 0 Å². The maximum atomic E-state index is 8.82. The van der Waals surface area contributed by atoms with E-state index in [4.69, 9.17) is 15.9 Å². The van der Waals surface area contributed by atoms with Gasteiger partial charge in [-0.05, 0) is 0 Å². The fourth-order valence-electron chi connectivity index (χ4n) is 0. The van der Waals surface area contributed by atoms with Crippen LogP contribution in [0.4, 0.5) is 0 Å². The van der Waals surface area contributed by atoms with E-state index in [-0.39, 0.29) is 103 Å². The van der Waals surface area contributed by atoms with Crippen molar-refractivity contribution in [1.29, 1.82) is 0 Å². The Hall–Kier alpha value is 3.33. The van der Waals surface area contributed by atoms with Crippen molar-refractivity contribution in [1.82, 2.24) is 0 Å². The molecule has 0 fully saturated rings. The van der Waals surface area contributed by atoms with E-state index in [9.17, 15) is 0 Å². The molecule has 0 aliphatic carbocycles. The van der Waals surface area contributed by atoms with Crippen LogP contribution in [0.1, 0.15) is 0 Å². The Balaban J connectivity index is -0.0000000800. The molecule has 0 amide bonds. The summed E-state index contributed by atoms with van der Waals surface area (Å²) in [7, 11) is 0. The average molecular weight is 196 g/mol. The first-order valence-corrected chi connectivity index (χ1v) is 2.88. The monoisotopic (exact) mass is 196 g/mol. The van der Waals surface area contributed by atoms with Gasteiger partial charge in [0.15, 0.2) is 0 Å². The first-order chi connectivity index (χ1) is 2.00. The minimum atomic E-state index is -5.25. The van der Waals surface area contributed by atoms with Crippen molar-refractivity contribution in [2.45, 2.75) is 0 Å². The minimum absolute atomic E-state index is 0. The van der Waals surface area contributed by atoms with Crippen molar-refractivity contribution in [3.63, 3.8) is 0 Å². The summed E-state index contributed by atoms with van der Waals surface area (Å²) in [4.78, 5) is 0. The second-order valence-electron chi connectivity index (χ2n) is 0.448. The van der Waals surface area contributed by atoms with E-state index in [0.717, 1.165) is 0 Å². The Labute approximate surface area is 128 Å². The molecule has 0 aromatic heterocycles. The summed E-state index contributed by atoms with van der Waals surface area (Å²) in [6.45, 7) is 0. The number of hydrogen-bond acceptors (Lipinski definition) is 2. The van der Waals surface area contributed by atoms with Crippen molar-refractivity contribution >= 4 is 103 Å². The van der Waals surface area contributed by atoms with E-state index in [1.807, 2.05) is 0 Å². The first-order valence-electron chi connectivity index (χ1n) is 0.698. The van der Waals surface area contributed by atoms with Crippen LogP contribution < -0.4 is 0 Å². The van der Waals surface area contributed by atoms with Gasteiger partial charge in [-0.2, -0.15) is 0 Å². The normalized spacial score (nSPS) is 8.29. The summed E-state index contributed by atoms with van der Waals surface area (Å²) in [5.74, 6) is 0. The SMILES string of the molecule is [K].[K].[O]=[Cr](=[O])([OH])[OH]. The first kappa shape index (κ1) is 16.7. The molecule has 4 nitrogen and oxygen atoms in total. The summed E-state index contributed by atoms with van der Waals surface area (Å²) in [5.41, 5.74) is 0. The third-order valence-corrected chi connectivity index (χ3v) is 0. The van der Waals surface area contributed by atoms with Crippen molar-refractivity contribution in [3.05, 3.63) is 0 Å². The van der Waals surface area contributed by atoms with Gasteiger partial charge in [-0.3, -0.25) is 0 Å². The van der Waals surface area contributed by atoms with Crippen LogP contribution in [0.3, 0.4) is 0 Å². The Kier molecular flexibility index (Phi) is 17.8. The fourth-order valence-corrected chi connectivity index (χ4v) is 0. The van der Waals surface area contributed by atoms with E-state index in [1.54, 1.807) is 0 Å². The molecule has 0 atom stereocenters. The Morgan fingerprint density at radius 1 is 1.00 bits per heavy atom. The molecule has 0 aliphatic rings. The molecular weight excluding hydrogens is 194 g/mol. The van der Waals surface area contributed by atoms with Gasteiger partial charge in [0, 0.05) is 103 Å². The molecule has 0 spiro atoms. The van der Waals surface area contributed by atoms with Crippen LogP contribution in [0, 0.1) is 0 Å². The molecule has 0 aromatic rings. The van der Waals surface area contributed by atoms with Crippen LogP contribution in [0.5, 0.6) is 0 Å². The molecule has 2 radical (unpaired) electrons. The topological polar surface area (TPSA) is 74.6 Å².